The van der Waals surface area contributed by atoms with Crippen LogP contribution in [0.5, 0.6) is 0 Å². The van der Waals surface area contributed by atoms with E-state index in [0.29, 0.717) is 25.2 Å². The Morgan fingerprint density at radius 3 is 2.26 bits per heavy atom. The van der Waals surface area contributed by atoms with Crippen LogP contribution in [0.25, 0.3) is 0 Å². The van der Waals surface area contributed by atoms with E-state index >= 15 is 0 Å². The Bertz CT molecular complexity index is 528. The van der Waals surface area contributed by atoms with Gasteiger partial charge in [0.15, 0.2) is 0 Å². The van der Waals surface area contributed by atoms with Crippen molar-refractivity contribution in [3.8, 4) is 0 Å². The predicted octanol–water partition coefficient (Wildman–Crippen LogP) is 2.44. The molecule has 124 valence electrons. The quantitative estimate of drug-likeness (QED) is 0.652. The van der Waals surface area contributed by atoms with Gasteiger partial charge in [0.25, 0.3) is 5.91 Å². The Morgan fingerprint density at radius 1 is 1.13 bits per heavy atom. The Balaban J connectivity index is 2.54. The summed E-state index contributed by atoms with van der Waals surface area (Å²) in [5.41, 5.74) is 1.40. The van der Waals surface area contributed by atoms with E-state index in [-0.39, 0.29) is 18.4 Å². The van der Waals surface area contributed by atoms with Gasteiger partial charge in [0.05, 0.1) is 6.54 Å². The number of amides is 2. The number of hydrogen-bond acceptors (Lipinski definition) is 3. The average Bonchev–Trinajstić information content (AvgIpc) is 2.57. The molecule has 0 aromatic heterocycles. The van der Waals surface area contributed by atoms with Crippen molar-refractivity contribution in [3.63, 3.8) is 0 Å². The SMILES string of the molecule is C=CCN(CC=C)C(=O)CNc1ccc(C(=O)NCCC)cc1. The van der Waals surface area contributed by atoms with Gasteiger partial charge in [0.1, 0.15) is 0 Å². The maximum absolute atomic E-state index is 12.1. The second-order valence-electron chi connectivity index (χ2n) is 5.06. The maximum atomic E-state index is 12.1. The predicted molar refractivity (Wildman–Crippen MR) is 94.5 cm³/mol. The lowest BCUT2D eigenvalue weighted by atomic mass is 10.2. The van der Waals surface area contributed by atoms with E-state index in [1.165, 1.54) is 0 Å². The molecule has 0 spiro atoms. The highest BCUT2D eigenvalue weighted by Gasteiger charge is 2.10. The minimum absolute atomic E-state index is 0.0328. The van der Waals surface area contributed by atoms with Gasteiger partial charge in [0, 0.05) is 30.9 Å². The van der Waals surface area contributed by atoms with Crippen molar-refractivity contribution in [2.45, 2.75) is 13.3 Å². The summed E-state index contributed by atoms with van der Waals surface area (Å²) < 4.78 is 0. The molecule has 0 aliphatic rings. The van der Waals surface area contributed by atoms with Crippen molar-refractivity contribution < 1.29 is 9.59 Å². The Hall–Kier alpha value is -2.56. The molecule has 1 aromatic rings. The van der Waals surface area contributed by atoms with Crippen LogP contribution in [-0.2, 0) is 4.79 Å². The zero-order valence-electron chi connectivity index (χ0n) is 13.7. The standard InChI is InChI=1S/C18H25N3O2/c1-4-11-19-18(23)15-7-9-16(10-8-15)20-14-17(22)21(12-5-2)13-6-3/h5-10,20H,2-4,11-14H2,1H3,(H,19,23). The van der Waals surface area contributed by atoms with Crippen LogP contribution in [0, 0.1) is 0 Å². The Labute approximate surface area is 138 Å². The van der Waals surface area contributed by atoms with E-state index in [2.05, 4.69) is 23.8 Å². The summed E-state index contributed by atoms with van der Waals surface area (Å²) in [6, 6.07) is 7.06. The monoisotopic (exact) mass is 315 g/mol. The first-order valence-corrected chi connectivity index (χ1v) is 7.74. The summed E-state index contributed by atoms with van der Waals surface area (Å²) in [4.78, 5) is 25.5. The summed E-state index contributed by atoms with van der Waals surface area (Å²) >= 11 is 0. The van der Waals surface area contributed by atoms with Crippen LogP contribution in [0.2, 0.25) is 0 Å². The Morgan fingerprint density at radius 2 is 1.74 bits per heavy atom. The second-order valence-corrected chi connectivity index (χ2v) is 5.06. The summed E-state index contributed by atoms with van der Waals surface area (Å²) in [5, 5.41) is 5.88. The molecule has 0 fully saturated rings. The molecule has 0 unspecified atom stereocenters. The van der Waals surface area contributed by atoms with Crippen molar-refractivity contribution in [1.82, 2.24) is 10.2 Å². The van der Waals surface area contributed by atoms with Crippen LogP contribution in [0.3, 0.4) is 0 Å². The number of benzene rings is 1. The molecule has 0 aliphatic heterocycles. The fourth-order valence-electron chi connectivity index (χ4n) is 1.96. The molecular formula is C18H25N3O2. The van der Waals surface area contributed by atoms with Crippen molar-refractivity contribution in [2.75, 3.05) is 31.5 Å². The molecule has 0 saturated heterocycles. The van der Waals surface area contributed by atoms with Crippen molar-refractivity contribution >= 4 is 17.5 Å². The van der Waals surface area contributed by atoms with Crippen LogP contribution < -0.4 is 10.6 Å². The van der Waals surface area contributed by atoms with Gasteiger partial charge in [-0.15, -0.1) is 13.2 Å². The molecule has 5 nitrogen and oxygen atoms in total. The zero-order valence-corrected chi connectivity index (χ0v) is 13.7. The molecule has 23 heavy (non-hydrogen) atoms. The number of nitrogens with zero attached hydrogens (tertiary/aromatic N) is 1. The second kappa shape index (κ2) is 10.2. The van der Waals surface area contributed by atoms with Crippen LogP contribution in [0.1, 0.15) is 23.7 Å². The molecule has 0 aliphatic carbocycles. The number of carbonyl (C=O) groups excluding carboxylic acids is 2. The van der Waals surface area contributed by atoms with Gasteiger partial charge in [-0.05, 0) is 30.7 Å². The minimum atomic E-state index is -0.0855. The van der Waals surface area contributed by atoms with E-state index in [1.807, 2.05) is 6.92 Å². The molecule has 1 rings (SSSR count). The first-order chi connectivity index (χ1) is 11.1. The molecule has 1 aromatic carbocycles. The third-order valence-corrected chi connectivity index (χ3v) is 3.18. The van der Waals surface area contributed by atoms with Gasteiger partial charge in [-0.25, -0.2) is 0 Å². The topological polar surface area (TPSA) is 61.4 Å². The lowest BCUT2D eigenvalue weighted by Gasteiger charge is -2.19. The molecule has 0 atom stereocenters. The average molecular weight is 315 g/mol. The number of hydrogen-bond donors (Lipinski definition) is 2. The zero-order chi connectivity index (χ0) is 17.1. The molecular weight excluding hydrogens is 290 g/mol. The molecule has 0 bridgehead atoms. The first kappa shape index (κ1) is 18.5. The summed E-state index contributed by atoms with van der Waals surface area (Å²) in [6.45, 7) is 11.1. The fraction of sp³-hybridized carbons (Fsp3) is 0.333. The lowest BCUT2D eigenvalue weighted by molar-refractivity contribution is -0.128. The van der Waals surface area contributed by atoms with Gasteiger partial charge in [-0.3, -0.25) is 9.59 Å². The van der Waals surface area contributed by atoms with E-state index in [9.17, 15) is 9.59 Å². The largest absolute Gasteiger partial charge is 0.376 e. The van der Waals surface area contributed by atoms with Gasteiger partial charge in [0.2, 0.25) is 5.91 Å². The molecule has 0 saturated carbocycles. The molecule has 2 N–H and O–H groups in total. The summed E-state index contributed by atoms with van der Waals surface area (Å²) in [7, 11) is 0. The lowest BCUT2D eigenvalue weighted by Crippen LogP contribution is -2.35. The van der Waals surface area contributed by atoms with Crippen LogP contribution >= 0.6 is 0 Å². The van der Waals surface area contributed by atoms with Crippen LogP contribution in [-0.4, -0.2) is 42.9 Å². The summed E-state index contributed by atoms with van der Waals surface area (Å²) in [6.07, 6.45) is 4.27. The van der Waals surface area contributed by atoms with E-state index in [1.54, 1.807) is 41.3 Å². The maximum Gasteiger partial charge on any atom is 0.251 e. The van der Waals surface area contributed by atoms with Gasteiger partial charge in [-0.1, -0.05) is 19.1 Å². The third kappa shape index (κ3) is 6.38. The van der Waals surface area contributed by atoms with Crippen molar-refractivity contribution in [2.24, 2.45) is 0 Å². The van der Waals surface area contributed by atoms with Crippen LogP contribution in [0.15, 0.2) is 49.6 Å². The van der Waals surface area contributed by atoms with E-state index in [4.69, 9.17) is 0 Å². The number of rotatable bonds is 10. The van der Waals surface area contributed by atoms with Gasteiger partial charge < -0.3 is 15.5 Å². The van der Waals surface area contributed by atoms with E-state index < -0.39 is 0 Å². The highest BCUT2D eigenvalue weighted by molar-refractivity contribution is 5.94. The molecule has 2 amide bonds. The molecule has 0 radical (unpaired) electrons. The fourth-order valence-corrected chi connectivity index (χ4v) is 1.96. The number of nitrogens with one attached hydrogen (secondary N) is 2. The van der Waals surface area contributed by atoms with E-state index in [0.717, 1.165) is 12.1 Å². The van der Waals surface area contributed by atoms with Crippen LogP contribution in [0.4, 0.5) is 5.69 Å². The normalized spacial score (nSPS) is 9.78. The Kier molecular flexibility index (Phi) is 8.21. The third-order valence-electron chi connectivity index (χ3n) is 3.18. The van der Waals surface area contributed by atoms with Gasteiger partial charge >= 0.3 is 0 Å². The minimum Gasteiger partial charge on any atom is -0.376 e. The molecule has 5 heteroatoms. The van der Waals surface area contributed by atoms with Crippen molar-refractivity contribution in [1.29, 1.82) is 0 Å². The first-order valence-electron chi connectivity index (χ1n) is 7.74. The smallest absolute Gasteiger partial charge is 0.251 e. The van der Waals surface area contributed by atoms with Gasteiger partial charge in [-0.2, -0.15) is 0 Å². The van der Waals surface area contributed by atoms with Crippen molar-refractivity contribution in [3.05, 3.63) is 55.1 Å². The number of carbonyl (C=O) groups is 2. The summed E-state index contributed by atoms with van der Waals surface area (Å²) in [5.74, 6) is -0.118. The highest BCUT2D eigenvalue weighted by atomic mass is 16.2. The highest BCUT2D eigenvalue weighted by Crippen LogP contribution is 2.09. The molecule has 0 heterocycles. The number of anilines is 1.